The second-order valence-electron chi connectivity index (χ2n) is 6.08. The van der Waals surface area contributed by atoms with Crippen LogP contribution in [0.3, 0.4) is 0 Å². The fourth-order valence-corrected chi connectivity index (χ4v) is 5.04. The highest BCUT2D eigenvalue weighted by Crippen LogP contribution is 2.29. The molecule has 0 N–H and O–H groups in total. The molecular weight excluding hydrogens is 316 g/mol. The van der Waals surface area contributed by atoms with Gasteiger partial charge in [0.15, 0.2) is 9.84 Å². The van der Waals surface area contributed by atoms with Crippen LogP contribution in [0, 0.1) is 5.92 Å². The molecule has 0 saturated carbocycles. The van der Waals surface area contributed by atoms with Gasteiger partial charge in [-0.15, -0.1) is 0 Å². The summed E-state index contributed by atoms with van der Waals surface area (Å²) in [5.74, 6) is 0.626. The zero-order valence-corrected chi connectivity index (χ0v) is 14.1. The minimum absolute atomic E-state index is 0.00856. The molecule has 6 nitrogen and oxygen atoms in total. The molecule has 0 aromatic heterocycles. The summed E-state index contributed by atoms with van der Waals surface area (Å²) in [6.07, 6.45) is 0.466. The lowest BCUT2D eigenvalue weighted by Crippen LogP contribution is -2.50. The van der Waals surface area contributed by atoms with E-state index in [9.17, 15) is 13.2 Å². The largest absolute Gasteiger partial charge is 0.495 e. The third kappa shape index (κ3) is 3.44. The Morgan fingerprint density at radius 3 is 2.48 bits per heavy atom. The number of rotatable bonds is 3. The van der Waals surface area contributed by atoms with Crippen LogP contribution in [-0.4, -0.2) is 64.0 Å². The number of piperazine rings is 1. The highest BCUT2D eigenvalue weighted by molar-refractivity contribution is 7.91. The van der Waals surface area contributed by atoms with E-state index in [0.717, 1.165) is 24.5 Å². The number of amides is 1. The molecule has 1 aromatic rings. The molecule has 0 bridgehead atoms. The lowest BCUT2D eigenvalue weighted by Gasteiger charge is -2.37. The minimum atomic E-state index is -3.02. The Morgan fingerprint density at radius 2 is 1.87 bits per heavy atom. The van der Waals surface area contributed by atoms with E-state index in [4.69, 9.17) is 4.74 Å². The summed E-state index contributed by atoms with van der Waals surface area (Å²) in [7, 11) is -1.36. The number of anilines is 1. The molecule has 7 heteroatoms. The smallest absolute Gasteiger partial charge is 0.226 e. The molecule has 2 fully saturated rings. The quantitative estimate of drug-likeness (QED) is 0.815. The number of nitrogens with zero attached hydrogens (tertiary/aromatic N) is 2. The molecule has 2 aliphatic heterocycles. The average molecular weight is 338 g/mol. The SMILES string of the molecule is COc1ccccc1N1CCN(C(=O)[C@H]2CCS(=O)(=O)C2)CC1. The van der Waals surface area contributed by atoms with Crippen molar-refractivity contribution in [3.05, 3.63) is 24.3 Å². The van der Waals surface area contributed by atoms with Crippen LogP contribution in [-0.2, 0) is 14.6 Å². The molecule has 1 amide bonds. The van der Waals surface area contributed by atoms with Crippen molar-refractivity contribution in [1.82, 2.24) is 4.90 Å². The van der Waals surface area contributed by atoms with Crippen molar-refractivity contribution in [2.45, 2.75) is 6.42 Å². The first-order chi connectivity index (χ1) is 11.0. The van der Waals surface area contributed by atoms with Gasteiger partial charge in [0.2, 0.25) is 5.91 Å². The molecule has 0 radical (unpaired) electrons. The van der Waals surface area contributed by atoms with Gasteiger partial charge >= 0.3 is 0 Å². The van der Waals surface area contributed by atoms with E-state index in [2.05, 4.69) is 4.90 Å². The van der Waals surface area contributed by atoms with E-state index in [1.54, 1.807) is 12.0 Å². The minimum Gasteiger partial charge on any atom is -0.495 e. The third-order valence-electron chi connectivity index (χ3n) is 4.60. The monoisotopic (exact) mass is 338 g/mol. The topological polar surface area (TPSA) is 66.9 Å². The Kier molecular flexibility index (Phi) is 4.48. The Balaban J connectivity index is 1.61. The fraction of sp³-hybridized carbons (Fsp3) is 0.562. The highest BCUT2D eigenvalue weighted by Gasteiger charge is 2.36. The highest BCUT2D eigenvalue weighted by atomic mass is 32.2. The van der Waals surface area contributed by atoms with E-state index in [1.165, 1.54) is 0 Å². The Labute approximate surface area is 136 Å². The molecule has 1 aromatic carbocycles. The van der Waals surface area contributed by atoms with Gasteiger partial charge in [-0.05, 0) is 18.6 Å². The van der Waals surface area contributed by atoms with Crippen molar-refractivity contribution in [2.75, 3.05) is 49.7 Å². The van der Waals surface area contributed by atoms with Gasteiger partial charge in [0.25, 0.3) is 0 Å². The standard InChI is InChI=1S/C16H22N2O4S/c1-22-15-5-3-2-4-14(15)17-7-9-18(10-8-17)16(19)13-6-11-23(20,21)12-13/h2-5,13H,6-12H2,1H3/t13-/m0/s1. The fourth-order valence-electron chi connectivity index (χ4n) is 3.31. The molecule has 0 unspecified atom stereocenters. The number of benzene rings is 1. The van der Waals surface area contributed by atoms with E-state index in [0.29, 0.717) is 19.5 Å². The van der Waals surface area contributed by atoms with E-state index < -0.39 is 9.84 Å². The number of carbonyl (C=O) groups excluding carboxylic acids is 1. The molecule has 126 valence electrons. The molecule has 1 atom stereocenters. The lowest BCUT2D eigenvalue weighted by atomic mass is 10.1. The van der Waals surface area contributed by atoms with Crippen molar-refractivity contribution in [1.29, 1.82) is 0 Å². The second kappa shape index (κ2) is 6.39. The molecular formula is C16H22N2O4S. The molecule has 0 spiro atoms. The lowest BCUT2D eigenvalue weighted by molar-refractivity contribution is -0.135. The van der Waals surface area contributed by atoms with Gasteiger partial charge in [-0.3, -0.25) is 4.79 Å². The predicted molar refractivity (Wildman–Crippen MR) is 88.5 cm³/mol. The Hall–Kier alpha value is -1.76. The van der Waals surface area contributed by atoms with Crippen molar-refractivity contribution in [3.63, 3.8) is 0 Å². The maximum atomic E-state index is 12.5. The number of carbonyl (C=O) groups is 1. The van der Waals surface area contributed by atoms with Crippen molar-refractivity contribution >= 4 is 21.4 Å². The molecule has 2 aliphatic rings. The number of hydrogen-bond acceptors (Lipinski definition) is 5. The van der Waals surface area contributed by atoms with Gasteiger partial charge < -0.3 is 14.5 Å². The van der Waals surface area contributed by atoms with Crippen LogP contribution in [0.1, 0.15) is 6.42 Å². The van der Waals surface area contributed by atoms with Gasteiger partial charge in [-0.1, -0.05) is 12.1 Å². The van der Waals surface area contributed by atoms with E-state index in [1.807, 2.05) is 24.3 Å². The van der Waals surface area contributed by atoms with Gasteiger partial charge in [0.05, 0.1) is 30.2 Å². The first kappa shape index (κ1) is 16.1. The normalized spacial score (nSPS) is 23.8. The molecule has 23 heavy (non-hydrogen) atoms. The van der Waals surface area contributed by atoms with Crippen LogP contribution in [0.5, 0.6) is 5.75 Å². The van der Waals surface area contributed by atoms with Crippen LogP contribution in [0.15, 0.2) is 24.3 Å². The van der Waals surface area contributed by atoms with Crippen LogP contribution in [0.2, 0.25) is 0 Å². The zero-order valence-electron chi connectivity index (χ0n) is 13.3. The second-order valence-corrected chi connectivity index (χ2v) is 8.31. The summed E-state index contributed by atoms with van der Waals surface area (Å²) >= 11 is 0. The average Bonchev–Trinajstić information content (AvgIpc) is 2.94. The van der Waals surface area contributed by atoms with Gasteiger partial charge in [-0.2, -0.15) is 0 Å². The zero-order chi connectivity index (χ0) is 16.4. The number of ether oxygens (including phenoxy) is 1. The van der Waals surface area contributed by atoms with Crippen LogP contribution >= 0.6 is 0 Å². The molecule has 3 rings (SSSR count). The first-order valence-corrected chi connectivity index (χ1v) is 9.69. The maximum Gasteiger partial charge on any atom is 0.226 e. The van der Waals surface area contributed by atoms with Crippen molar-refractivity contribution in [2.24, 2.45) is 5.92 Å². The number of para-hydroxylation sites is 2. The molecule has 0 aliphatic carbocycles. The molecule has 2 saturated heterocycles. The van der Waals surface area contributed by atoms with E-state index in [-0.39, 0.29) is 23.3 Å². The Bertz CT molecular complexity index is 681. The summed E-state index contributed by atoms with van der Waals surface area (Å²) in [6.45, 7) is 2.69. The third-order valence-corrected chi connectivity index (χ3v) is 6.37. The number of hydrogen-bond donors (Lipinski definition) is 0. The van der Waals surface area contributed by atoms with Crippen LogP contribution in [0.4, 0.5) is 5.69 Å². The Morgan fingerprint density at radius 1 is 1.17 bits per heavy atom. The predicted octanol–water partition coefficient (Wildman–Crippen LogP) is 0.778. The summed E-state index contributed by atoms with van der Waals surface area (Å²) < 4.78 is 28.5. The van der Waals surface area contributed by atoms with Crippen LogP contribution in [0.25, 0.3) is 0 Å². The summed E-state index contributed by atoms with van der Waals surface area (Å²) in [6, 6.07) is 7.84. The van der Waals surface area contributed by atoms with Gasteiger partial charge in [0.1, 0.15) is 5.75 Å². The summed E-state index contributed by atoms with van der Waals surface area (Å²) in [5.41, 5.74) is 1.03. The summed E-state index contributed by atoms with van der Waals surface area (Å²) in [5, 5.41) is 0. The van der Waals surface area contributed by atoms with Crippen molar-refractivity contribution < 1.29 is 17.9 Å². The maximum absolute atomic E-state index is 12.5. The molecule has 2 heterocycles. The van der Waals surface area contributed by atoms with Gasteiger partial charge in [0, 0.05) is 26.2 Å². The number of methoxy groups -OCH3 is 1. The number of sulfone groups is 1. The van der Waals surface area contributed by atoms with Crippen molar-refractivity contribution in [3.8, 4) is 5.75 Å². The van der Waals surface area contributed by atoms with Gasteiger partial charge in [-0.25, -0.2) is 8.42 Å². The summed E-state index contributed by atoms with van der Waals surface area (Å²) in [4.78, 5) is 16.5. The van der Waals surface area contributed by atoms with E-state index >= 15 is 0 Å². The van der Waals surface area contributed by atoms with Crippen LogP contribution < -0.4 is 9.64 Å². The first-order valence-electron chi connectivity index (χ1n) is 7.87.